The van der Waals surface area contributed by atoms with E-state index in [1.807, 2.05) is 12.1 Å². The van der Waals surface area contributed by atoms with Gasteiger partial charge < -0.3 is 14.8 Å². The van der Waals surface area contributed by atoms with Gasteiger partial charge in [0.05, 0.1) is 19.3 Å². The second-order valence-electron chi connectivity index (χ2n) is 6.77. The highest BCUT2D eigenvalue weighted by molar-refractivity contribution is 5.60. The SMILES string of the molecule is CC(COC1CCOC1)Nc1nc(-c2ccncc2)nc2c1CCC2. The number of ether oxygens (including phenoxy) is 2. The van der Waals surface area contributed by atoms with E-state index in [1.54, 1.807) is 12.4 Å². The predicted octanol–water partition coefficient (Wildman–Crippen LogP) is 2.63. The van der Waals surface area contributed by atoms with Crippen molar-refractivity contribution in [3.63, 3.8) is 0 Å². The number of aryl methyl sites for hydroxylation is 1. The quantitative estimate of drug-likeness (QED) is 0.872. The van der Waals surface area contributed by atoms with Crippen LogP contribution in [0.5, 0.6) is 0 Å². The van der Waals surface area contributed by atoms with Gasteiger partial charge in [-0.2, -0.15) is 0 Å². The molecular weight excluding hydrogens is 316 g/mol. The van der Waals surface area contributed by atoms with Crippen molar-refractivity contribution in [2.24, 2.45) is 0 Å². The van der Waals surface area contributed by atoms with E-state index in [9.17, 15) is 0 Å². The first-order chi connectivity index (χ1) is 12.3. The Morgan fingerprint density at radius 3 is 2.96 bits per heavy atom. The van der Waals surface area contributed by atoms with Crippen molar-refractivity contribution >= 4 is 5.82 Å². The van der Waals surface area contributed by atoms with Crippen LogP contribution in [-0.4, -0.2) is 46.9 Å². The molecule has 0 spiro atoms. The number of nitrogens with one attached hydrogen (secondary N) is 1. The first kappa shape index (κ1) is 16.4. The van der Waals surface area contributed by atoms with Gasteiger partial charge in [-0.05, 0) is 44.7 Å². The van der Waals surface area contributed by atoms with E-state index in [-0.39, 0.29) is 12.1 Å². The minimum absolute atomic E-state index is 0.186. The lowest BCUT2D eigenvalue weighted by Gasteiger charge is -2.19. The van der Waals surface area contributed by atoms with Gasteiger partial charge >= 0.3 is 0 Å². The van der Waals surface area contributed by atoms with Gasteiger partial charge in [0.25, 0.3) is 0 Å². The van der Waals surface area contributed by atoms with Crippen LogP contribution >= 0.6 is 0 Å². The number of nitrogens with zero attached hydrogens (tertiary/aromatic N) is 3. The highest BCUT2D eigenvalue weighted by Crippen LogP contribution is 2.29. The van der Waals surface area contributed by atoms with E-state index < -0.39 is 0 Å². The molecule has 132 valence electrons. The fourth-order valence-corrected chi connectivity index (χ4v) is 3.38. The van der Waals surface area contributed by atoms with Crippen molar-refractivity contribution in [3.8, 4) is 11.4 Å². The van der Waals surface area contributed by atoms with Crippen molar-refractivity contribution in [2.45, 2.75) is 44.8 Å². The summed E-state index contributed by atoms with van der Waals surface area (Å²) in [6, 6.07) is 4.09. The average Bonchev–Trinajstić information content (AvgIpc) is 3.32. The van der Waals surface area contributed by atoms with Gasteiger partial charge in [0.15, 0.2) is 5.82 Å². The van der Waals surface area contributed by atoms with Crippen LogP contribution in [0.3, 0.4) is 0 Å². The van der Waals surface area contributed by atoms with Gasteiger partial charge in [-0.3, -0.25) is 4.98 Å². The molecule has 6 nitrogen and oxygen atoms in total. The summed E-state index contributed by atoms with van der Waals surface area (Å²) in [4.78, 5) is 13.7. The number of anilines is 1. The third-order valence-electron chi connectivity index (χ3n) is 4.72. The molecule has 1 fully saturated rings. The monoisotopic (exact) mass is 340 g/mol. The number of rotatable bonds is 6. The fraction of sp³-hybridized carbons (Fsp3) is 0.526. The number of fused-ring (bicyclic) bond motifs is 1. The minimum atomic E-state index is 0.186. The smallest absolute Gasteiger partial charge is 0.161 e. The van der Waals surface area contributed by atoms with Gasteiger partial charge in [-0.15, -0.1) is 0 Å². The van der Waals surface area contributed by atoms with Crippen molar-refractivity contribution in [2.75, 3.05) is 25.1 Å². The Kier molecular flexibility index (Phi) is 4.90. The molecule has 1 aliphatic carbocycles. The van der Waals surface area contributed by atoms with Crippen LogP contribution in [0.15, 0.2) is 24.5 Å². The third-order valence-corrected chi connectivity index (χ3v) is 4.72. The largest absolute Gasteiger partial charge is 0.379 e. The van der Waals surface area contributed by atoms with Crippen LogP contribution in [0.4, 0.5) is 5.82 Å². The van der Waals surface area contributed by atoms with E-state index in [1.165, 1.54) is 11.3 Å². The van der Waals surface area contributed by atoms with Crippen LogP contribution < -0.4 is 5.32 Å². The van der Waals surface area contributed by atoms with Gasteiger partial charge in [0.2, 0.25) is 0 Å². The lowest BCUT2D eigenvalue weighted by molar-refractivity contribution is 0.0395. The molecule has 0 radical (unpaired) electrons. The van der Waals surface area contributed by atoms with Crippen molar-refractivity contribution in [1.82, 2.24) is 15.0 Å². The third kappa shape index (κ3) is 3.80. The summed E-state index contributed by atoms with van der Waals surface area (Å²) in [7, 11) is 0. The Morgan fingerprint density at radius 1 is 1.28 bits per heavy atom. The van der Waals surface area contributed by atoms with Crippen molar-refractivity contribution in [3.05, 3.63) is 35.8 Å². The van der Waals surface area contributed by atoms with E-state index in [0.29, 0.717) is 13.2 Å². The van der Waals surface area contributed by atoms with Crippen LogP contribution in [0.25, 0.3) is 11.4 Å². The molecule has 0 aromatic carbocycles. The van der Waals surface area contributed by atoms with Gasteiger partial charge in [-0.1, -0.05) is 0 Å². The molecule has 2 aliphatic rings. The van der Waals surface area contributed by atoms with Crippen LogP contribution in [0.1, 0.15) is 31.0 Å². The molecule has 0 bridgehead atoms. The maximum absolute atomic E-state index is 5.93. The molecule has 0 amide bonds. The highest BCUT2D eigenvalue weighted by atomic mass is 16.5. The number of hydrogen-bond donors (Lipinski definition) is 1. The van der Waals surface area contributed by atoms with Gasteiger partial charge in [-0.25, -0.2) is 9.97 Å². The fourth-order valence-electron chi connectivity index (χ4n) is 3.38. The minimum Gasteiger partial charge on any atom is -0.379 e. The molecule has 4 rings (SSSR count). The number of pyridine rings is 1. The Balaban J connectivity index is 1.51. The summed E-state index contributed by atoms with van der Waals surface area (Å²) in [6.07, 6.45) is 7.98. The van der Waals surface area contributed by atoms with Crippen LogP contribution in [0, 0.1) is 0 Å². The maximum Gasteiger partial charge on any atom is 0.161 e. The molecule has 1 saturated heterocycles. The molecule has 2 atom stereocenters. The first-order valence-electron chi connectivity index (χ1n) is 9.05. The summed E-state index contributed by atoms with van der Waals surface area (Å²) < 4.78 is 11.3. The van der Waals surface area contributed by atoms with Gasteiger partial charge in [0.1, 0.15) is 5.82 Å². The topological polar surface area (TPSA) is 69.2 Å². The number of aromatic nitrogens is 3. The summed E-state index contributed by atoms with van der Waals surface area (Å²) in [5.74, 6) is 1.72. The lowest BCUT2D eigenvalue weighted by atomic mass is 10.2. The molecule has 0 saturated carbocycles. The Bertz CT molecular complexity index is 717. The van der Waals surface area contributed by atoms with Crippen molar-refractivity contribution in [1.29, 1.82) is 0 Å². The van der Waals surface area contributed by atoms with Gasteiger partial charge in [0, 0.05) is 41.9 Å². The molecule has 2 aromatic rings. The highest BCUT2D eigenvalue weighted by Gasteiger charge is 2.22. The second kappa shape index (κ2) is 7.45. The van der Waals surface area contributed by atoms with E-state index in [2.05, 4.69) is 17.2 Å². The molecule has 1 N–H and O–H groups in total. The zero-order chi connectivity index (χ0) is 17.1. The second-order valence-corrected chi connectivity index (χ2v) is 6.77. The Morgan fingerprint density at radius 2 is 2.16 bits per heavy atom. The summed E-state index contributed by atoms with van der Waals surface area (Å²) in [5, 5.41) is 3.54. The summed E-state index contributed by atoms with van der Waals surface area (Å²) in [6.45, 7) is 4.30. The Labute approximate surface area is 148 Å². The molecule has 3 heterocycles. The molecule has 2 unspecified atom stereocenters. The predicted molar refractivity (Wildman–Crippen MR) is 95.5 cm³/mol. The van der Waals surface area contributed by atoms with Crippen LogP contribution in [0.2, 0.25) is 0 Å². The molecule has 1 aliphatic heterocycles. The normalized spacial score (nSPS) is 20.4. The maximum atomic E-state index is 5.93. The standard InChI is InChI=1S/C19H24N4O2/c1-13(11-25-15-7-10-24-12-15)21-19-16-3-2-4-17(16)22-18(23-19)14-5-8-20-9-6-14/h5-6,8-9,13,15H,2-4,7,10-12H2,1H3,(H,21,22,23). The number of hydrogen-bond acceptors (Lipinski definition) is 6. The van der Waals surface area contributed by atoms with E-state index >= 15 is 0 Å². The first-order valence-corrected chi connectivity index (χ1v) is 9.05. The molecule has 2 aromatic heterocycles. The summed E-state index contributed by atoms with van der Waals surface area (Å²) in [5.41, 5.74) is 3.43. The molecule has 6 heteroatoms. The zero-order valence-electron chi connectivity index (χ0n) is 14.6. The van der Waals surface area contributed by atoms with E-state index in [4.69, 9.17) is 19.4 Å². The molecular formula is C19H24N4O2. The molecule has 25 heavy (non-hydrogen) atoms. The zero-order valence-corrected chi connectivity index (χ0v) is 14.6. The summed E-state index contributed by atoms with van der Waals surface area (Å²) >= 11 is 0. The Hall–Kier alpha value is -2.05. The average molecular weight is 340 g/mol. The van der Waals surface area contributed by atoms with E-state index in [0.717, 1.165) is 49.5 Å². The van der Waals surface area contributed by atoms with Crippen molar-refractivity contribution < 1.29 is 9.47 Å². The lowest BCUT2D eigenvalue weighted by Crippen LogP contribution is -2.27. The van der Waals surface area contributed by atoms with Crippen LogP contribution in [-0.2, 0) is 22.3 Å².